The van der Waals surface area contributed by atoms with Crippen LogP contribution in [0.25, 0.3) is 0 Å². The molecule has 0 saturated carbocycles. The van der Waals surface area contributed by atoms with Crippen LogP contribution in [0.3, 0.4) is 0 Å². The molecule has 0 atom stereocenters. The van der Waals surface area contributed by atoms with Gasteiger partial charge in [0.15, 0.2) is 0 Å². The van der Waals surface area contributed by atoms with Gasteiger partial charge in [-0.15, -0.1) is 0 Å². The third kappa shape index (κ3) is 3.70. The van der Waals surface area contributed by atoms with Crippen molar-refractivity contribution in [1.82, 2.24) is 0 Å². The monoisotopic (exact) mass is 252 g/mol. The van der Waals surface area contributed by atoms with Crippen molar-refractivity contribution in [1.29, 1.82) is 0 Å². The molecule has 0 bridgehead atoms. The van der Waals surface area contributed by atoms with Crippen LogP contribution in [0.4, 0.5) is 0 Å². The molecule has 0 aliphatic rings. The highest BCUT2D eigenvalue weighted by atomic mass is 14.1. The molecule has 0 aliphatic heterocycles. The summed E-state index contributed by atoms with van der Waals surface area (Å²) in [6.45, 7) is 9.08. The quantitative estimate of drug-likeness (QED) is 0.671. The van der Waals surface area contributed by atoms with E-state index >= 15 is 0 Å². The van der Waals surface area contributed by atoms with Gasteiger partial charge < -0.3 is 0 Å². The fraction of sp³-hybridized carbons (Fsp3) is 0.368. The smallest absolute Gasteiger partial charge is 0.00256 e. The van der Waals surface area contributed by atoms with Crippen molar-refractivity contribution in [3.8, 4) is 0 Å². The maximum absolute atomic E-state index is 2.36. The molecule has 0 unspecified atom stereocenters. The molecule has 0 radical (unpaired) electrons. The van der Waals surface area contributed by atoms with Crippen LogP contribution in [-0.2, 0) is 6.42 Å². The molecule has 19 heavy (non-hydrogen) atoms. The summed E-state index contributed by atoms with van der Waals surface area (Å²) in [5.74, 6) is 1.18. The molecule has 0 fully saturated rings. The number of benzene rings is 2. The summed E-state index contributed by atoms with van der Waals surface area (Å²) < 4.78 is 0. The van der Waals surface area contributed by atoms with Gasteiger partial charge in [-0.2, -0.15) is 0 Å². The second-order valence-electron chi connectivity index (χ2n) is 5.98. The Morgan fingerprint density at radius 3 is 1.68 bits per heavy atom. The Balaban J connectivity index is 2.34. The van der Waals surface area contributed by atoms with Crippen molar-refractivity contribution in [3.63, 3.8) is 0 Å². The summed E-state index contributed by atoms with van der Waals surface area (Å²) in [4.78, 5) is 0. The molecule has 0 heterocycles. The van der Waals surface area contributed by atoms with E-state index in [-0.39, 0.29) is 0 Å². The highest BCUT2D eigenvalue weighted by molar-refractivity contribution is 5.36. The molecule has 0 saturated heterocycles. The minimum absolute atomic E-state index is 0.591. The van der Waals surface area contributed by atoms with Gasteiger partial charge in [-0.25, -0.2) is 0 Å². The molecule has 0 amide bonds. The Bertz CT molecular complexity index is 495. The van der Waals surface area contributed by atoms with Gasteiger partial charge in [0, 0.05) is 0 Å². The first-order valence-electron chi connectivity index (χ1n) is 7.24. The van der Waals surface area contributed by atoms with Crippen molar-refractivity contribution in [3.05, 3.63) is 70.8 Å². The zero-order valence-electron chi connectivity index (χ0n) is 12.5. The van der Waals surface area contributed by atoms with Crippen LogP contribution < -0.4 is 0 Å². The second kappa shape index (κ2) is 6.06. The highest BCUT2D eigenvalue weighted by Gasteiger charge is 2.07. The van der Waals surface area contributed by atoms with Gasteiger partial charge in [-0.05, 0) is 40.5 Å². The average molecular weight is 252 g/mol. The van der Waals surface area contributed by atoms with E-state index in [1.165, 1.54) is 22.3 Å². The van der Waals surface area contributed by atoms with E-state index in [2.05, 4.69) is 76.2 Å². The van der Waals surface area contributed by atoms with Gasteiger partial charge in [0.05, 0.1) is 0 Å². The van der Waals surface area contributed by atoms with E-state index in [1.54, 1.807) is 0 Å². The predicted molar refractivity (Wildman–Crippen MR) is 83.9 cm³/mol. The number of hydrogen-bond donors (Lipinski definition) is 0. The van der Waals surface area contributed by atoms with Crippen molar-refractivity contribution in [2.24, 2.45) is 0 Å². The predicted octanol–water partition coefficient (Wildman–Crippen LogP) is 5.52. The van der Waals surface area contributed by atoms with E-state index in [9.17, 15) is 0 Å². The molecule has 2 aromatic carbocycles. The Morgan fingerprint density at radius 1 is 0.684 bits per heavy atom. The summed E-state index contributed by atoms with van der Waals surface area (Å²) in [5, 5.41) is 0. The van der Waals surface area contributed by atoms with Gasteiger partial charge >= 0.3 is 0 Å². The lowest BCUT2D eigenvalue weighted by Gasteiger charge is -2.14. The highest BCUT2D eigenvalue weighted by Crippen LogP contribution is 2.24. The van der Waals surface area contributed by atoms with Crippen molar-refractivity contribution < 1.29 is 0 Å². The third-order valence-corrected chi connectivity index (χ3v) is 3.62. The average Bonchev–Trinajstić information content (AvgIpc) is 2.39. The van der Waals surface area contributed by atoms with E-state index in [4.69, 9.17) is 0 Å². The van der Waals surface area contributed by atoms with Crippen molar-refractivity contribution >= 4 is 0 Å². The second-order valence-corrected chi connectivity index (χ2v) is 5.98. The largest absolute Gasteiger partial charge is 0.0622 e. The van der Waals surface area contributed by atoms with Gasteiger partial charge in [0.25, 0.3) is 0 Å². The van der Waals surface area contributed by atoms with Crippen LogP contribution in [0.2, 0.25) is 0 Å². The van der Waals surface area contributed by atoms with Crippen LogP contribution in [0.1, 0.15) is 61.8 Å². The molecule has 0 nitrogen and oxygen atoms in total. The normalized spacial score (nSPS) is 11.3. The van der Waals surface area contributed by atoms with Gasteiger partial charge in [-0.3, -0.25) is 0 Å². The molecule has 0 aliphatic carbocycles. The third-order valence-electron chi connectivity index (χ3n) is 3.62. The van der Waals surface area contributed by atoms with Crippen LogP contribution >= 0.6 is 0 Å². The van der Waals surface area contributed by atoms with Crippen LogP contribution in [-0.4, -0.2) is 0 Å². The summed E-state index contributed by atoms with van der Waals surface area (Å²) in [5.41, 5.74) is 5.73. The molecule has 2 rings (SSSR count). The molecule has 2 aromatic rings. The standard InChI is InChI=1S/C19H24/c1-14(2)18-11-17(12-19(13-18)15(3)4)10-16-8-6-5-7-9-16/h5-9,11-15H,10H2,1-4H3. The molecule has 0 aromatic heterocycles. The maximum atomic E-state index is 2.36. The van der Waals surface area contributed by atoms with Gasteiger partial charge in [-0.1, -0.05) is 76.2 Å². The Morgan fingerprint density at radius 2 is 1.21 bits per heavy atom. The van der Waals surface area contributed by atoms with E-state index < -0.39 is 0 Å². The van der Waals surface area contributed by atoms with E-state index in [0.717, 1.165) is 6.42 Å². The summed E-state index contributed by atoms with van der Waals surface area (Å²) in [6.07, 6.45) is 1.03. The Labute approximate surface area is 117 Å². The summed E-state index contributed by atoms with van der Waals surface area (Å²) in [7, 11) is 0. The molecule has 100 valence electrons. The van der Waals surface area contributed by atoms with E-state index in [0.29, 0.717) is 11.8 Å². The first kappa shape index (κ1) is 13.9. The zero-order valence-corrected chi connectivity index (χ0v) is 12.5. The first-order chi connectivity index (χ1) is 9.06. The number of hydrogen-bond acceptors (Lipinski definition) is 0. The number of rotatable bonds is 4. The van der Waals surface area contributed by atoms with Crippen LogP contribution in [0, 0.1) is 0 Å². The fourth-order valence-electron chi connectivity index (χ4n) is 2.35. The molecule has 0 spiro atoms. The fourth-order valence-corrected chi connectivity index (χ4v) is 2.35. The summed E-state index contributed by atoms with van der Waals surface area (Å²) in [6, 6.07) is 17.8. The molecular formula is C19H24. The minimum Gasteiger partial charge on any atom is -0.0622 e. The van der Waals surface area contributed by atoms with Crippen LogP contribution in [0.15, 0.2) is 48.5 Å². The van der Waals surface area contributed by atoms with Gasteiger partial charge in [0.1, 0.15) is 0 Å². The van der Waals surface area contributed by atoms with E-state index in [1.807, 2.05) is 0 Å². The molecule has 0 N–H and O–H groups in total. The maximum Gasteiger partial charge on any atom is -0.00256 e. The molecular weight excluding hydrogens is 228 g/mol. The van der Waals surface area contributed by atoms with Crippen molar-refractivity contribution in [2.75, 3.05) is 0 Å². The minimum atomic E-state index is 0.591. The lowest BCUT2D eigenvalue weighted by molar-refractivity contribution is 0.828. The van der Waals surface area contributed by atoms with Crippen molar-refractivity contribution in [2.45, 2.75) is 46.0 Å². The lowest BCUT2D eigenvalue weighted by atomic mass is 9.91. The Hall–Kier alpha value is -1.56. The lowest BCUT2D eigenvalue weighted by Crippen LogP contribution is -1.98. The first-order valence-corrected chi connectivity index (χ1v) is 7.24. The topological polar surface area (TPSA) is 0 Å². The molecule has 0 heteroatoms. The Kier molecular flexibility index (Phi) is 4.42. The van der Waals surface area contributed by atoms with Gasteiger partial charge in [0.2, 0.25) is 0 Å². The zero-order chi connectivity index (χ0) is 13.8. The SMILES string of the molecule is CC(C)c1cc(Cc2ccccc2)cc(C(C)C)c1. The van der Waals surface area contributed by atoms with Crippen LogP contribution in [0.5, 0.6) is 0 Å². The summed E-state index contributed by atoms with van der Waals surface area (Å²) >= 11 is 0.